The summed E-state index contributed by atoms with van der Waals surface area (Å²) in [4.78, 5) is 0. The maximum absolute atomic E-state index is 9.31. The quantitative estimate of drug-likeness (QED) is 0.812. The fourth-order valence-corrected chi connectivity index (χ4v) is 2.20. The van der Waals surface area contributed by atoms with Gasteiger partial charge in [-0.3, -0.25) is 0 Å². The Labute approximate surface area is 106 Å². The topological polar surface area (TPSA) is 60.4 Å². The van der Waals surface area contributed by atoms with Gasteiger partial charge < -0.3 is 20.1 Å². The van der Waals surface area contributed by atoms with E-state index in [-0.39, 0.29) is 5.76 Å². The van der Waals surface area contributed by atoms with Crippen molar-refractivity contribution < 1.29 is 9.84 Å². The van der Waals surface area contributed by atoms with Crippen LogP contribution in [0.4, 0.5) is 0 Å². The zero-order valence-electron chi connectivity index (χ0n) is 10.7. The van der Waals surface area contributed by atoms with Crippen molar-refractivity contribution in [3.63, 3.8) is 0 Å². The molecule has 0 fully saturated rings. The Bertz CT molecular complexity index is 587. The van der Waals surface area contributed by atoms with Gasteiger partial charge in [0.1, 0.15) is 11.5 Å². The van der Waals surface area contributed by atoms with E-state index >= 15 is 0 Å². The molecule has 0 spiro atoms. The summed E-state index contributed by atoms with van der Waals surface area (Å²) in [7, 11) is 3.62. The van der Waals surface area contributed by atoms with Crippen molar-refractivity contribution in [3.05, 3.63) is 42.3 Å². The Hall–Kier alpha value is -1.94. The third kappa shape index (κ3) is 2.07. The Balaban J connectivity index is 2.50. The molecule has 18 heavy (non-hydrogen) atoms. The lowest BCUT2D eigenvalue weighted by Gasteiger charge is -2.08. The number of benzene rings is 1. The van der Waals surface area contributed by atoms with E-state index < -0.39 is 6.04 Å². The summed E-state index contributed by atoms with van der Waals surface area (Å²) in [6.45, 7) is 3.47. The highest BCUT2D eigenvalue weighted by molar-refractivity contribution is 5.89. The lowest BCUT2D eigenvalue weighted by molar-refractivity contribution is 0.369. The summed E-state index contributed by atoms with van der Waals surface area (Å²) in [5, 5.41) is 10.4. The van der Waals surface area contributed by atoms with Crippen LogP contribution in [0.15, 0.2) is 36.7 Å². The minimum Gasteiger partial charge on any atom is -0.511 e. The summed E-state index contributed by atoms with van der Waals surface area (Å²) < 4.78 is 7.37. The van der Waals surface area contributed by atoms with Crippen LogP contribution >= 0.6 is 0 Å². The van der Waals surface area contributed by atoms with Gasteiger partial charge in [-0.15, -0.1) is 0 Å². The number of aryl methyl sites for hydroxylation is 1. The van der Waals surface area contributed by atoms with Crippen LogP contribution in [0.5, 0.6) is 5.75 Å². The van der Waals surface area contributed by atoms with Gasteiger partial charge in [-0.05, 0) is 18.1 Å². The first-order chi connectivity index (χ1) is 8.54. The molecule has 0 bridgehead atoms. The number of ether oxygens (including phenoxy) is 1. The molecule has 1 unspecified atom stereocenters. The molecule has 0 aliphatic heterocycles. The average Bonchev–Trinajstić information content (AvgIpc) is 2.66. The molecular formula is C14H18N2O2. The highest BCUT2D eigenvalue weighted by Gasteiger charge is 2.14. The number of hydrogen-bond donors (Lipinski definition) is 2. The predicted octanol–water partition coefficient (Wildman–Crippen LogP) is 2.13. The third-order valence-corrected chi connectivity index (χ3v) is 3.13. The molecule has 0 amide bonds. The van der Waals surface area contributed by atoms with E-state index in [0.717, 1.165) is 22.2 Å². The average molecular weight is 246 g/mol. The van der Waals surface area contributed by atoms with Gasteiger partial charge in [-0.1, -0.05) is 18.7 Å². The molecule has 2 rings (SSSR count). The second kappa shape index (κ2) is 4.74. The first kappa shape index (κ1) is 12.5. The van der Waals surface area contributed by atoms with Crippen molar-refractivity contribution in [2.45, 2.75) is 12.5 Å². The molecule has 1 aromatic carbocycles. The van der Waals surface area contributed by atoms with Crippen molar-refractivity contribution in [1.29, 1.82) is 0 Å². The Kier molecular flexibility index (Phi) is 3.30. The highest BCUT2D eigenvalue weighted by Crippen LogP contribution is 2.29. The summed E-state index contributed by atoms with van der Waals surface area (Å²) in [6, 6.07) is 5.46. The smallest absolute Gasteiger partial charge is 0.143 e. The number of aliphatic hydroxyl groups excluding tert-OH is 1. The SMILES string of the molecule is C=C(O)C(N)Cc1cn(C)c2c(OC)cccc12. The Morgan fingerprint density at radius 2 is 2.28 bits per heavy atom. The van der Waals surface area contributed by atoms with Gasteiger partial charge in [-0.25, -0.2) is 0 Å². The number of fused-ring (bicyclic) bond motifs is 1. The lowest BCUT2D eigenvalue weighted by atomic mass is 10.0. The van der Waals surface area contributed by atoms with Crippen molar-refractivity contribution in [1.82, 2.24) is 4.57 Å². The fraction of sp³-hybridized carbons (Fsp3) is 0.286. The van der Waals surface area contributed by atoms with E-state index in [1.165, 1.54) is 0 Å². The molecule has 2 aromatic rings. The molecule has 4 nitrogen and oxygen atoms in total. The van der Waals surface area contributed by atoms with Gasteiger partial charge in [-0.2, -0.15) is 0 Å². The molecule has 0 saturated heterocycles. The summed E-state index contributed by atoms with van der Waals surface area (Å²) in [6.07, 6.45) is 2.57. The number of aromatic nitrogens is 1. The van der Waals surface area contributed by atoms with Crippen LogP contribution in [0.3, 0.4) is 0 Å². The Morgan fingerprint density at radius 3 is 2.89 bits per heavy atom. The largest absolute Gasteiger partial charge is 0.511 e. The molecule has 1 atom stereocenters. The molecular weight excluding hydrogens is 228 g/mol. The van der Waals surface area contributed by atoms with Crippen molar-refractivity contribution in [2.75, 3.05) is 7.11 Å². The first-order valence-corrected chi connectivity index (χ1v) is 5.79. The van der Waals surface area contributed by atoms with E-state index in [4.69, 9.17) is 10.5 Å². The van der Waals surface area contributed by atoms with Gasteiger partial charge in [0.15, 0.2) is 0 Å². The molecule has 3 N–H and O–H groups in total. The molecule has 1 aromatic heterocycles. The summed E-state index contributed by atoms with van der Waals surface area (Å²) in [5.41, 5.74) is 7.94. The van der Waals surface area contributed by atoms with Crippen LogP contribution in [-0.4, -0.2) is 22.8 Å². The predicted molar refractivity (Wildman–Crippen MR) is 72.9 cm³/mol. The fourth-order valence-electron chi connectivity index (χ4n) is 2.20. The standard InChI is InChI=1S/C14H18N2O2/c1-9(17)12(15)7-10-8-16(2)14-11(10)5-4-6-13(14)18-3/h4-6,8,12,17H,1,7,15H2,2-3H3. The minimum absolute atomic E-state index is 0.00917. The Morgan fingerprint density at radius 1 is 1.56 bits per heavy atom. The number of rotatable bonds is 4. The van der Waals surface area contributed by atoms with Crippen LogP contribution in [0, 0.1) is 0 Å². The van der Waals surface area contributed by atoms with E-state index in [1.54, 1.807) is 7.11 Å². The van der Waals surface area contributed by atoms with Gasteiger partial charge in [0, 0.05) is 18.6 Å². The monoisotopic (exact) mass is 246 g/mol. The number of methoxy groups -OCH3 is 1. The molecule has 0 radical (unpaired) electrons. The third-order valence-electron chi connectivity index (χ3n) is 3.13. The summed E-state index contributed by atoms with van der Waals surface area (Å²) >= 11 is 0. The normalized spacial score (nSPS) is 12.6. The zero-order chi connectivity index (χ0) is 13.3. The van der Waals surface area contributed by atoms with Gasteiger partial charge in [0.05, 0.1) is 18.7 Å². The molecule has 96 valence electrons. The van der Waals surface area contributed by atoms with Crippen LogP contribution in [0.2, 0.25) is 0 Å². The highest BCUT2D eigenvalue weighted by atomic mass is 16.5. The first-order valence-electron chi connectivity index (χ1n) is 5.79. The van der Waals surface area contributed by atoms with Crippen LogP contribution < -0.4 is 10.5 Å². The summed E-state index contributed by atoms with van der Waals surface area (Å²) in [5.74, 6) is 0.840. The van der Waals surface area contributed by atoms with Crippen molar-refractivity contribution in [3.8, 4) is 5.75 Å². The minimum atomic E-state index is -0.443. The second-order valence-corrected chi connectivity index (χ2v) is 4.42. The molecule has 0 saturated carbocycles. The van der Waals surface area contributed by atoms with Gasteiger partial charge in [0.25, 0.3) is 0 Å². The molecule has 4 heteroatoms. The van der Waals surface area contributed by atoms with Gasteiger partial charge >= 0.3 is 0 Å². The molecule has 1 heterocycles. The maximum Gasteiger partial charge on any atom is 0.143 e. The van der Waals surface area contributed by atoms with E-state index in [2.05, 4.69) is 6.58 Å². The number of aliphatic hydroxyl groups is 1. The van der Waals surface area contributed by atoms with Crippen molar-refractivity contribution in [2.24, 2.45) is 12.8 Å². The van der Waals surface area contributed by atoms with Crippen LogP contribution in [-0.2, 0) is 13.5 Å². The number of hydrogen-bond acceptors (Lipinski definition) is 3. The number of nitrogens with two attached hydrogens (primary N) is 1. The van der Waals surface area contributed by atoms with Gasteiger partial charge in [0.2, 0.25) is 0 Å². The maximum atomic E-state index is 9.31. The van der Waals surface area contributed by atoms with Crippen LogP contribution in [0.25, 0.3) is 10.9 Å². The second-order valence-electron chi connectivity index (χ2n) is 4.42. The van der Waals surface area contributed by atoms with Crippen molar-refractivity contribution >= 4 is 10.9 Å². The van der Waals surface area contributed by atoms with E-state index in [1.807, 2.05) is 36.0 Å². The van der Waals surface area contributed by atoms with E-state index in [9.17, 15) is 5.11 Å². The molecule has 0 aliphatic carbocycles. The number of para-hydroxylation sites is 1. The molecule has 0 aliphatic rings. The zero-order valence-corrected chi connectivity index (χ0v) is 10.7. The van der Waals surface area contributed by atoms with Crippen LogP contribution in [0.1, 0.15) is 5.56 Å². The lowest BCUT2D eigenvalue weighted by Crippen LogP contribution is -2.24. The number of nitrogens with zero attached hydrogens (tertiary/aromatic N) is 1. The van der Waals surface area contributed by atoms with E-state index in [0.29, 0.717) is 6.42 Å².